The Bertz CT molecular complexity index is 902. The number of rotatable bonds is 7. The zero-order valence-corrected chi connectivity index (χ0v) is 16.9. The van der Waals surface area contributed by atoms with Gasteiger partial charge in [-0.3, -0.25) is 4.79 Å². The molecule has 0 saturated heterocycles. The Hall–Kier alpha value is -2.31. The molecule has 0 aliphatic rings. The number of nitrogens with zero attached hydrogens (tertiary/aromatic N) is 3. The number of fused-ring (bicyclic) bond motifs is 1. The summed E-state index contributed by atoms with van der Waals surface area (Å²) in [5.74, 6) is 0.735. The van der Waals surface area contributed by atoms with E-state index >= 15 is 0 Å². The molecular weight excluding hydrogens is 356 g/mol. The fourth-order valence-electron chi connectivity index (χ4n) is 2.96. The van der Waals surface area contributed by atoms with Gasteiger partial charge in [-0.15, -0.1) is 11.8 Å². The quantitative estimate of drug-likeness (QED) is 0.633. The summed E-state index contributed by atoms with van der Waals surface area (Å²) in [6.07, 6.45) is 4.02. The first-order valence-electron chi connectivity index (χ1n) is 8.99. The fraction of sp³-hybridized carbons (Fsp3) is 0.333. The summed E-state index contributed by atoms with van der Waals surface area (Å²) >= 11 is 1.64. The highest BCUT2D eigenvalue weighted by atomic mass is 32.2. The Morgan fingerprint density at radius 3 is 2.70 bits per heavy atom. The lowest BCUT2D eigenvalue weighted by Gasteiger charge is -2.29. The number of benzene rings is 1. The van der Waals surface area contributed by atoms with Crippen molar-refractivity contribution in [2.45, 2.75) is 24.5 Å². The van der Waals surface area contributed by atoms with Crippen LogP contribution in [0.4, 0.5) is 0 Å². The van der Waals surface area contributed by atoms with Crippen molar-refractivity contribution < 1.29 is 4.79 Å². The maximum Gasteiger partial charge on any atom is 0.254 e. The number of nitrogens with two attached hydrogens (primary N) is 1. The number of hydrogen-bond donors (Lipinski definition) is 1. The van der Waals surface area contributed by atoms with Gasteiger partial charge >= 0.3 is 0 Å². The molecule has 0 aliphatic carbocycles. The molecule has 0 spiro atoms. The highest BCUT2D eigenvalue weighted by Crippen LogP contribution is 2.27. The highest BCUT2D eigenvalue weighted by molar-refractivity contribution is 7.98. The van der Waals surface area contributed by atoms with Gasteiger partial charge in [-0.25, -0.2) is 4.98 Å². The van der Waals surface area contributed by atoms with Crippen LogP contribution in [0.2, 0.25) is 0 Å². The lowest BCUT2D eigenvalue weighted by atomic mass is 9.93. The minimum absolute atomic E-state index is 0.0228. The van der Waals surface area contributed by atoms with Gasteiger partial charge in [0.15, 0.2) is 0 Å². The molecule has 3 aromatic rings. The standard InChI is InChI=1S/C21H26N4OS/c1-21(2,14-22)15-24(3)20(26)17-8-4-5-9-18(17)27-13-16-12-25-11-7-6-10-19(25)23-16/h4-12H,13-15,22H2,1-3H3. The molecular formula is C21H26N4OS. The van der Waals surface area contributed by atoms with E-state index in [9.17, 15) is 4.79 Å². The number of amides is 1. The van der Waals surface area contributed by atoms with Crippen molar-refractivity contribution in [3.63, 3.8) is 0 Å². The van der Waals surface area contributed by atoms with Crippen LogP contribution in [0, 0.1) is 5.41 Å². The third-order valence-electron chi connectivity index (χ3n) is 4.47. The summed E-state index contributed by atoms with van der Waals surface area (Å²) in [4.78, 5) is 20.3. The van der Waals surface area contributed by atoms with E-state index in [0.717, 1.165) is 21.8 Å². The van der Waals surface area contributed by atoms with Crippen molar-refractivity contribution in [3.8, 4) is 0 Å². The van der Waals surface area contributed by atoms with Crippen molar-refractivity contribution in [2.75, 3.05) is 20.1 Å². The number of carbonyl (C=O) groups excluding carboxylic acids is 1. The number of aromatic nitrogens is 2. The molecule has 5 nitrogen and oxygen atoms in total. The lowest BCUT2D eigenvalue weighted by Crippen LogP contribution is -2.39. The molecule has 0 aliphatic heterocycles. The Labute approximate surface area is 164 Å². The SMILES string of the molecule is CN(CC(C)(C)CN)C(=O)c1ccccc1SCc1cn2ccccc2n1. The molecule has 0 radical (unpaired) electrons. The normalized spacial score (nSPS) is 11.7. The molecule has 2 aromatic heterocycles. The molecule has 0 atom stereocenters. The second-order valence-corrected chi connectivity index (χ2v) is 8.53. The van der Waals surface area contributed by atoms with E-state index in [1.807, 2.05) is 66.3 Å². The van der Waals surface area contributed by atoms with Crippen LogP contribution in [0.5, 0.6) is 0 Å². The molecule has 142 valence electrons. The van der Waals surface area contributed by atoms with Crippen LogP contribution < -0.4 is 5.73 Å². The summed E-state index contributed by atoms with van der Waals surface area (Å²) in [7, 11) is 1.84. The number of thioether (sulfide) groups is 1. The molecule has 6 heteroatoms. The maximum atomic E-state index is 13.0. The van der Waals surface area contributed by atoms with Crippen LogP contribution in [0.15, 0.2) is 59.8 Å². The lowest BCUT2D eigenvalue weighted by molar-refractivity contribution is 0.0737. The second kappa shape index (κ2) is 8.15. The summed E-state index contributed by atoms with van der Waals surface area (Å²) in [6, 6.07) is 13.7. The van der Waals surface area contributed by atoms with Gasteiger partial charge in [-0.2, -0.15) is 0 Å². The third-order valence-corrected chi connectivity index (χ3v) is 5.58. The molecule has 2 heterocycles. The first-order valence-corrected chi connectivity index (χ1v) is 9.98. The van der Waals surface area contributed by atoms with E-state index in [0.29, 0.717) is 18.8 Å². The Kier molecular flexibility index (Phi) is 5.87. The summed E-state index contributed by atoms with van der Waals surface area (Å²) in [5, 5.41) is 0. The van der Waals surface area contributed by atoms with Crippen molar-refractivity contribution in [2.24, 2.45) is 11.1 Å². The van der Waals surface area contributed by atoms with Gasteiger partial charge in [-0.1, -0.05) is 32.0 Å². The molecule has 0 saturated carbocycles. The average Bonchev–Trinajstić information content (AvgIpc) is 3.08. The van der Waals surface area contributed by atoms with Crippen LogP contribution >= 0.6 is 11.8 Å². The molecule has 1 amide bonds. The molecule has 1 aromatic carbocycles. The molecule has 2 N–H and O–H groups in total. The number of pyridine rings is 1. The van der Waals surface area contributed by atoms with Gasteiger partial charge in [0, 0.05) is 36.6 Å². The number of hydrogen-bond acceptors (Lipinski definition) is 4. The third kappa shape index (κ3) is 4.70. The van der Waals surface area contributed by atoms with E-state index < -0.39 is 0 Å². The van der Waals surface area contributed by atoms with Crippen molar-refractivity contribution in [1.82, 2.24) is 14.3 Å². The molecule has 27 heavy (non-hydrogen) atoms. The van der Waals surface area contributed by atoms with E-state index in [2.05, 4.69) is 18.8 Å². The minimum atomic E-state index is -0.108. The van der Waals surface area contributed by atoms with Crippen molar-refractivity contribution >= 4 is 23.3 Å². The van der Waals surface area contributed by atoms with Gasteiger partial charge in [0.05, 0.1) is 11.3 Å². The smallest absolute Gasteiger partial charge is 0.254 e. The van der Waals surface area contributed by atoms with Gasteiger partial charge in [0.2, 0.25) is 0 Å². The van der Waals surface area contributed by atoms with Crippen molar-refractivity contribution in [1.29, 1.82) is 0 Å². The largest absolute Gasteiger partial charge is 0.341 e. The molecule has 0 bridgehead atoms. The van der Waals surface area contributed by atoms with Gasteiger partial charge in [-0.05, 0) is 36.2 Å². The van der Waals surface area contributed by atoms with Crippen LogP contribution in [0.3, 0.4) is 0 Å². The van der Waals surface area contributed by atoms with Crippen LogP contribution in [0.1, 0.15) is 29.9 Å². The maximum absolute atomic E-state index is 13.0. The summed E-state index contributed by atoms with van der Waals surface area (Å²) in [5.41, 5.74) is 8.36. The van der Waals surface area contributed by atoms with Crippen molar-refractivity contribution in [3.05, 3.63) is 66.1 Å². The number of imidazole rings is 1. The van der Waals surface area contributed by atoms with Crippen LogP contribution in [0.25, 0.3) is 5.65 Å². The van der Waals surface area contributed by atoms with Gasteiger partial charge in [0.1, 0.15) is 5.65 Å². The van der Waals surface area contributed by atoms with Crippen LogP contribution in [-0.2, 0) is 5.75 Å². The van der Waals surface area contributed by atoms with E-state index in [1.165, 1.54) is 0 Å². The average molecular weight is 383 g/mol. The highest BCUT2D eigenvalue weighted by Gasteiger charge is 2.23. The predicted molar refractivity (Wildman–Crippen MR) is 111 cm³/mol. The Morgan fingerprint density at radius 1 is 1.22 bits per heavy atom. The topological polar surface area (TPSA) is 63.6 Å². The monoisotopic (exact) mass is 382 g/mol. The second-order valence-electron chi connectivity index (χ2n) is 7.51. The number of carbonyl (C=O) groups is 1. The van der Waals surface area contributed by atoms with E-state index in [1.54, 1.807) is 16.7 Å². The van der Waals surface area contributed by atoms with Crippen LogP contribution in [-0.4, -0.2) is 40.3 Å². The Morgan fingerprint density at radius 2 is 1.96 bits per heavy atom. The van der Waals surface area contributed by atoms with E-state index in [-0.39, 0.29) is 11.3 Å². The molecule has 0 unspecified atom stereocenters. The zero-order chi connectivity index (χ0) is 19.4. The zero-order valence-electron chi connectivity index (χ0n) is 16.1. The predicted octanol–water partition coefficient (Wildman–Crippen LogP) is 3.68. The summed E-state index contributed by atoms with van der Waals surface area (Å²) in [6.45, 7) is 5.30. The molecule has 0 fully saturated rings. The fourth-order valence-corrected chi connectivity index (χ4v) is 3.89. The summed E-state index contributed by atoms with van der Waals surface area (Å²) < 4.78 is 2.01. The van der Waals surface area contributed by atoms with Gasteiger partial charge < -0.3 is 15.0 Å². The Balaban J connectivity index is 1.74. The van der Waals surface area contributed by atoms with Gasteiger partial charge in [0.25, 0.3) is 5.91 Å². The van der Waals surface area contributed by atoms with E-state index in [4.69, 9.17) is 5.73 Å². The minimum Gasteiger partial charge on any atom is -0.341 e. The first kappa shape index (κ1) is 19.5. The molecule has 3 rings (SSSR count). The first-order chi connectivity index (χ1) is 12.9.